The van der Waals surface area contributed by atoms with Crippen LogP contribution in [0.25, 0.3) is 0 Å². The van der Waals surface area contributed by atoms with Gasteiger partial charge in [-0.05, 0) is 31.2 Å². The number of carbonyl (C=O) groups excluding carboxylic acids is 1. The fourth-order valence-corrected chi connectivity index (χ4v) is 3.11. The first-order chi connectivity index (χ1) is 9.10. The van der Waals surface area contributed by atoms with E-state index in [4.69, 9.17) is 10.3 Å². The number of rotatable bonds is 4. The maximum Gasteiger partial charge on any atom is 0.300 e. The third kappa shape index (κ3) is 3.62. The second-order valence-corrected chi connectivity index (χ2v) is 5.88. The van der Waals surface area contributed by atoms with Crippen molar-refractivity contribution in [3.8, 4) is 0 Å². The summed E-state index contributed by atoms with van der Waals surface area (Å²) in [5, 5.41) is 0. The van der Waals surface area contributed by atoms with Crippen LogP contribution in [-0.4, -0.2) is 5.91 Å². The van der Waals surface area contributed by atoms with Crippen LogP contribution in [0.3, 0.4) is 0 Å². The molecule has 2 aromatic rings. The van der Waals surface area contributed by atoms with Crippen LogP contribution in [0.1, 0.15) is 21.9 Å². The Bertz CT molecular complexity index is 598. The predicted molar refractivity (Wildman–Crippen MR) is 78.8 cm³/mol. The molecule has 3 N–H and O–H groups in total. The molecule has 0 aliphatic rings. The van der Waals surface area contributed by atoms with Gasteiger partial charge in [0.2, 0.25) is 0 Å². The topological polar surface area (TPSA) is 68.3 Å². The molecule has 1 heterocycles. The zero-order valence-corrected chi connectivity index (χ0v) is 12.7. The van der Waals surface area contributed by atoms with Crippen LogP contribution in [-0.2, 0) is 5.75 Å². The number of hydrogen-bond donors (Lipinski definition) is 2. The minimum absolute atomic E-state index is 0.241. The van der Waals surface area contributed by atoms with Crippen LogP contribution >= 0.6 is 27.7 Å². The minimum atomic E-state index is -0.415. The van der Waals surface area contributed by atoms with Crippen molar-refractivity contribution < 1.29 is 9.21 Å². The van der Waals surface area contributed by atoms with Gasteiger partial charge in [-0.1, -0.05) is 22.0 Å². The fourth-order valence-electron chi connectivity index (χ4n) is 1.56. The number of hydrazine groups is 1. The van der Waals surface area contributed by atoms with Crippen molar-refractivity contribution in [2.75, 3.05) is 0 Å². The maximum atomic E-state index is 11.4. The van der Waals surface area contributed by atoms with Crippen molar-refractivity contribution in [2.24, 2.45) is 5.84 Å². The summed E-state index contributed by atoms with van der Waals surface area (Å²) in [5.41, 5.74) is 3.05. The number of nitrogens with one attached hydrogen (secondary N) is 1. The molecule has 0 saturated carbocycles. The number of amides is 1. The summed E-state index contributed by atoms with van der Waals surface area (Å²) in [6.07, 6.45) is 0. The first-order valence-corrected chi connectivity index (χ1v) is 7.36. The molecule has 2 rings (SSSR count). The molecule has 0 fully saturated rings. The quantitative estimate of drug-likeness (QED) is 0.388. The summed E-state index contributed by atoms with van der Waals surface area (Å²) in [5.74, 6) is 6.38. The second-order valence-electron chi connectivity index (χ2n) is 3.91. The summed E-state index contributed by atoms with van der Waals surface area (Å²) in [6.45, 7) is 1.84. The smallest absolute Gasteiger partial charge is 0.300 e. The molecule has 0 spiro atoms. The van der Waals surface area contributed by atoms with E-state index in [2.05, 4.69) is 21.4 Å². The van der Waals surface area contributed by atoms with Crippen molar-refractivity contribution >= 4 is 33.6 Å². The van der Waals surface area contributed by atoms with E-state index in [1.54, 1.807) is 17.8 Å². The van der Waals surface area contributed by atoms with E-state index < -0.39 is 5.91 Å². The predicted octanol–water partition coefficient (Wildman–Crippen LogP) is 3.25. The first kappa shape index (κ1) is 14.2. The molecule has 0 aliphatic heterocycles. The number of nitrogens with two attached hydrogens (primary N) is 1. The van der Waals surface area contributed by atoms with Gasteiger partial charge in [-0.2, -0.15) is 0 Å². The number of thioether (sulfide) groups is 1. The zero-order chi connectivity index (χ0) is 13.8. The molecule has 1 aromatic carbocycles. The highest BCUT2D eigenvalue weighted by atomic mass is 79.9. The Kier molecular flexibility index (Phi) is 4.68. The average Bonchev–Trinajstić information content (AvgIpc) is 2.77. The van der Waals surface area contributed by atoms with Crippen molar-refractivity contribution in [3.63, 3.8) is 0 Å². The van der Waals surface area contributed by atoms with Crippen LogP contribution < -0.4 is 11.3 Å². The number of hydrogen-bond acceptors (Lipinski definition) is 4. The highest BCUT2D eigenvalue weighted by Crippen LogP contribution is 2.27. The van der Waals surface area contributed by atoms with Gasteiger partial charge in [-0.15, -0.1) is 11.8 Å². The lowest BCUT2D eigenvalue weighted by Gasteiger charge is -2.01. The van der Waals surface area contributed by atoms with Gasteiger partial charge in [-0.25, -0.2) is 5.84 Å². The number of carbonyl (C=O) groups is 1. The zero-order valence-electron chi connectivity index (χ0n) is 10.3. The molecular formula is C13H13BrN2O2S. The molecular weight excluding hydrogens is 328 g/mol. The van der Waals surface area contributed by atoms with Gasteiger partial charge in [-0.3, -0.25) is 10.2 Å². The molecule has 6 heteroatoms. The standard InChI is InChI=1S/C13H13BrN2O2S/c1-8-9(5-12(18-8)13(17)16-15)7-19-11-4-2-3-10(14)6-11/h2-6H,7,15H2,1H3,(H,16,17). The van der Waals surface area contributed by atoms with Gasteiger partial charge >= 0.3 is 5.91 Å². The lowest BCUT2D eigenvalue weighted by molar-refractivity contribution is 0.0924. The number of halogens is 1. The third-order valence-electron chi connectivity index (χ3n) is 2.57. The summed E-state index contributed by atoms with van der Waals surface area (Å²) in [7, 11) is 0. The third-order valence-corrected chi connectivity index (χ3v) is 4.10. The van der Waals surface area contributed by atoms with E-state index in [0.717, 1.165) is 26.4 Å². The highest BCUT2D eigenvalue weighted by Gasteiger charge is 2.13. The first-order valence-electron chi connectivity index (χ1n) is 5.59. The molecule has 19 heavy (non-hydrogen) atoms. The van der Waals surface area contributed by atoms with Gasteiger partial charge in [0, 0.05) is 20.7 Å². The van der Waals surface area contributed by atoms with Crippen LogP contribution in [0.4, 0.5) is 0 Å². The van der Waals surface area contributed by atoms with Crippen molar-refractivity contribution in [3.05, 3.63) is 51.9 Å². The summed E-state index contributed by atoms with van der Waals surface area (Å²) < 4.78 is 6.41. The van der Waals surface area contributed by atoms with Gasteiger partial charge in [0.1, 0.15) is 5.76 Å². The summed E-state index contributed by atoms with van der Waals surface area (Å²) in [6, 6.07) is 9.78. The molecule has 0 radical (unpaired) electrons. The Morgan fingerprint density at radius 1 is 1.47 bits per heavy atom. The van der Waals surface area contributed by atoms with Gasteiger partial charge in [0.05, 0.1) is 0 Å². The van der Waals surface area contributed by atoms with Crippen LogP contribution in [0.15, 0.2) is 44.1 Å². The Hall–Kier alpha value is -1.24. The fraction of sp³-hybridized carbons (Fsp3) is 0.154. The largest absolute Gasteiger partial charge is 0.456 e. The Morgan fingerprint density at radius 2 is 2.26 bits per heavy atom. The highest BCUT2D eigenvalue weighted by molar-refractivity contribution is 9.10. The SMILES string of the molecule is Cc1oc(C(=O)NN)cc1CSc1cccc(Br)c1. The number of benzene rings is 1. The van der Waals surface area contributed by atoms with Crippen molar-refractivity contribution in [1.82, 2.24) is 5.43 Å². The average molecular weight is 341 g/mol. The molecule has 0 bridgehead atoms. The Balaban J connectivity index is 2.07. The van der Waals surface area contributed by atoms with Gasteiger partial charge in [0.25, 0.3) is 0 Å². The van der Waals surface area contributed by atoms with E-state index in [0.29, 0.717) is 0 Å². The molecule has 0 saturated heterocycles. The molecule has 1 amide bonds. The van der Waals surface area contributed by atoms with Crippen LogP contribution in [0.5, 0.6) is 0 Å². The van der Waals surface area contributed by atoms with Crippen LogP contribution in [0.2, 0.25) is 0 Å². The second kappa shape index (κ2) is 6.27. The van der Waals surface area contributed by atoms with Crippen molar-refractivity contribution in [1.29, 1.82) is 0 Å². The number of furan rings is 1. The number of nitrogen functional groups attached to an aromatic ring is 1. The van der Waals surface area contributed by atoms with E-state index in [1.807, 2.05) is 31.2 Å². The summed E-state index contributed by atoms with van der Waals surface area (Å²) in [4.78, 5) is 12.5. The molecule has 0 aliphatic carbocycles. The lowest BCUT2D eigenvalue weighted by atomic mass is 10.3. The van der Waals surface area contributed by atoms with E-state index in [9.17, 15) is 4.79 Å². The van der Waals surface area contributed by atoms with Crippen LogP contribution in [0, 0.1) is 6.92 Å². The Morgan fingerprint density at radius 3 is 2.95 bits per heavy atom. The number of aryl methyl sites for hydroxylation is 1. The maximum absolute atomic E-state index is 11.4. The van der Waals surface area contributed by atoms with E-state index in [1.165, 1.54) is 0 Å². The Labute approximate surface area is 123 Å². The van der Waals surface area contributed by atoms with E-state index in [-0.39, 0.29) is 5.76 Å². The molecule has 0 unspecified atom stereocenters. The van der Waals surface area contributed by atoms with Crippen molar-refractivity contribution in [2.45, 2.75) is 17.6 Å². The normalized spacial score (nSPS) is 10.5. The van der Waals surface area contributed by atoms with E-state index >= 15 is 0 Å². The minimum Gasteiger partial charge on any atom is -0.456 e. The molecule has 0 atom stereocenters. The monoisotopic (exact) mass is 340 g/mol. The molecule has 4 nitrogen and oxygen atoms in total. The van der Waals surface area contributed by atoms with Gasteiger partial charge in [0.15, 0.2) is 5.76 Å². The molecule has 100 valence electrons. The summed E-state index contributed by atoms with van der Waals surface area (Å²) >= 11 is 5.12. The lowest BCUT2D eigenvalue weighted by Crippen LogP contribution is -2.29. The van der Waals surface area contributed by atoms with Gasteiger partial charge < -0.3 is 4.42 Å². The molecule has 1 aromatic heterocycles.